The number of ether oxygens (including phenoxy) is 3. The minimum atomic E-state index is -0.502. The van der Waals surface area contributed by atoms with Crippen molar-refractivity contribution in [2.75, 3.05) is 13.2 Å². The number of aliphatic imine (C=N–C) groups is 1. The second-order valence-corrected chi connectivity index (χ2v) is 5.75. The number of nitrogens with zero attached hydrogens (tertiary/aromatic N) is 1. The predicted octanol–water partition coefficient (Wildman–Crippen LogP) is 4.11. The summed E-state index contributed by atoms with van der Waals surface area (Å²) in [4.78, 5) is 16.3. The molecule has 5 heteroatoms. The third kappa shape index (κ3) is 4.89. The van der Waals surface area contributed by atoms with E-state index >= 15 is 0 Å². The second-order valence-electron chi connectivity index (χ2n) is 5.75. The maximum Gasteiger partial charge on any atom is 0.363 e. The number of rotatable bonds is 7. The van der Waals surface area contributed by atoms with Gasteiger partial charge in [-0.2, -0.15) is 0 Å². The fourth-order valence-electron chi connectivity index (χ4n) is 2.51. The van der Waals surface area contributed by atoms with Crippen LogP contribution in [0.4, 0.5) is 0 Å². The van der Waals surface area contributed by atoms with Crippen LogP contribution in [0.15, 0.2) is 65.3 Å². The maximum absolute atomic E-state index is 12.1. The Labute approximate surface area is 164 Å². The van der Waals surface area contributed by atoms with Crippen molar-refractivity contribution in [3.63, 3.8) is 0 Å². The van der Waals surface area contributed by atoms with Gasteiger partial charge in [0.1, 0.15) is 6.61 Å². The smallest absolute Gasteiger partial charge is 0.363 e. The van der Waals surface area contributed by atoms with E-state index in [4.69, 9.17) is 20.6 Å². The zero-order valence-corrected chi connectivity index (χ0v) is 15.4. The first-order chi connectivity index (χ1) is 13.7. The lowest BCUT2D eigenvalue weighted by atomic mass is 10.1. The van der Waals surface area contributed by atoms with Gasteiger partial charge in [-0.1, -0.05) is 42.3 Å². The minimum Gasteiger partial charge on any atom is -0.490 e. The van der Waals surface area contributed by atoms with E-state index in [1.165, 1.54) is 0 Å². The molecule has 1 aliphatic heterocycles. The summed E-state index contributed by atoms with van der Waals surface area (Å²) in [5.74, 6) is 3.26. The molecule has 140 valence electrons. The van der Waals surface area contributed by atoms with Gasteiger partial charge < -0.3 is 14.2 Å². The van der Waals surface area contributed by atoms with Crippen LogP contribution in [0.2, 0.25) is 0 Å². The lowest BCUT2D eigenvalue weighted by Crippen LogP contribution is -2.01. The molecule has 28 heavy (non-hydrogen) atoms. The van der Waals surface area contributed by atoms with Crippen LogP contribution in [0.3, 0.4) is 0 Å². The number of hydrogen-bond acceptors (Lipinski definition) is 5. The lowest BCUT2D eigenvalue weighted by molar-refractivity contribution is -0.129. The van der Waals surface area contributed by atoms with Crippen LogP contribution in [0.5, 0.6) is 11.5 Å². The molecule has 0 atom stereocenters. The van der Waals surface area contributed by atoms with Gasteiger partial charge in [0.15, 0.2) is 17.2 Å². The van der Waals surface area contributed by atoms with Gasteiger partial charge in [-0.05, 0) is 42.3 Å². The first-order valence-corrected chi connectivity index (χ1v) is 8.78. The quantitative estimate of drug-likeness (QED) is 0.416. The zero-order chi connectivity index (χ0) is 19.8. The molecule has 1 heterocycles. The van der Waals surface area contributed by atoms with E-state index in [0.29, 0.717) is 18.1 Å². The van der Waals surface area contributed by atoms with Crippen molar-refractivity contribution in [2.45, 2.75) is 6.92 Å². The average Bonchev–Trinajstić information content (AvgIpc) is 3.06. The van der Waals surface area contributed by atoms with Crippen molar-refractivity contribution < 1.29 is 19.0 Å². The molecule has 0 aromatic heterocycles. The van der Waals surface area contributed by atoms with Crippen molar-refractivity contribution in [1.29, 1.82) is 0 Å². The van der Waals surface area contributed by atoms with Crippen molar-refractivity contribution in [1.82, 2.24) is 0 Å². The molecule has 2 aromatic carbocycles. The van der Waals surface area contributed by atoms with Gasteiger partial charge in [-0.25, -0.2) is 9.79 Å². The number of benzene rings is 2. The summed E-state index contributed by atoms with van der Waals surface area (Å²) in [7, 11) is 0. The summed E-state index contributed by atoms with van der Waals surface area (Å²) >= 11 is 0. The Morgan fingerprint density at radius 1 is 1.07 bits per heavy atom. The molecular weight excluding hydrogens is 354 g/mol. The molecule has 0 unspecified atom stereocenters. The van der Waals surface area contributed by atoms with E-state index in [9.17, 15) is 4.79 Å². The Morgan fingerprint density at radius 3 is 2.64 bits per heavy atom. The van der Waals surface area contributed by atoms with Crippen LogP contribution in [-0.2, 0) is 9.53 Å². The third-order valence-corrected chi connectivity index (χ3v) is 3.74. The van der Waals surface area contributed by atoms with Crippen LogP contribution in [-0.4, -0.2) is 25.1 Å². The molecular formula is C23H19NO4. The molecule has 2 aromatic rings. The molecule has 0 aliphatic carbocycles. The minimum absolute atomic E-state index is 0.147. The summed E-state index contributed by atoms with van der Waals surface area (Å²) in [6, 6.07) is 15.0. The lowest BCUT2D eigenvalue weighted by Gasteiger charge is -2.10. The topological polar surface area (TPSA) is 57.1 Å². The summed E-state index contributed by atoms with van der Waals surface area (Å²) in [5.41, 5.74) is 1.94. The standard InChI is InChI=1S/C23H19NO4/c1-3-14-27-20-12-10-18(16-21(20)26-4-2)15-19-23(25)28-22(24-19)13-11-17-8-6-5-7-9-17/h1,5-13,15-16H,4,14H2,2H3/b13-11+,19-15-. The van der Waals surface area contributed by atoms with E-state index in [1.54, 1.807) is 30.4 Å². The van der Waals surface area contributed by atoms with E-state index in [0.717, 1.165) is 11.1 Å². The van der Waals surface area contributed by atoms with Gasteiger partial charge in [0, 0.05) is 6.08 Å². The fraction of sp³-hybridized carbons (Fsp3) is 0.130. The van der Waals surface area contributed by atoms with Gasteiger partial charge in [0.05, 0.1) is 6.61 Å². The molecule has 3 rings (SSSR count). The zero-order valence-electron chi connectivity index (χ0n) is 15.4. The highest BCUT2D eigenvalue weighted by molar-refractivity contribution is 6.11. The van der Waals surface area contributed by atoms with Crippen LogP contribution in [0.25, 0.3) is 12.2 Å². The number of terminal acetylenes is 1. The first-order valence-electron chi connectivity index (χ1n) is 8.78. The predicted molar refractivity (Wildman–Crippen MR) is 109 cm³/mol. The van der Waals surface area contributed by atoms with Crippen LogP contribution in [0, 0.1) is 12.3 Å². The summed E-state index contributed by atoms with van der Waals surface area (Å²) in [6.07, 6.45) is 10.4. The molecule has 5 nitrogen and oxygen atoms in total. The molecule has 0 saturated carbocycles. The van der Waals surface area contributed by atoms with Crippen molar-refractivity contribution in [2.24, 2.45) is 4.99 Å². The van der Waals surface area contributed by atoms with Gasteiger partial charge in [-0.3, -0.25) is 0 Å². The van der Waals surface area contributed by atoms with Crippen LogP contribution < -0.4 is 9.47 Å². The van der Waals surface area contributed by atoms with E-state index in [-0.39, 0.29) is 18.2 Å². The number of hydrogen-bond donors (Lipinski definition) is 0. The van der Waals surface area contributed by atoms with Gasteiger partial charge in [0.2, 0.25) is 5.90 Å². The van der Waals surface area contributed by atoms with Gasteiger partial charge >= 0.3 is 5.97 Å². The van der Waals surface area contributed by atoms with E-state index < -0.39 is 5.97 Å². The molecule has 0 bridgehead atoms. The molecule has 0 fully saturated rings. The molecule has 0 saturated heterocycles. The van der Waals surface area contributed by atoms with E-state index in [1.807, 2.05) is 43.3 Å². The summed E-state index contributed by atoms with van der Waals surface area (Å²) in [6.45, 7) is 2.50. The number of cyclic esters (lactones) is 1. The molecule has 0 N–H and O–H groups in total. The Bertz CT molecular complexity index is 981. The Hall–Kier alpha value is -3.78. The molecule has 0 amide bonds. The highest BCUT2D eigenvalue weighted by Gasteiger charge is 2.21. The molecule has 0 spiro atoms. The SMILES string of the molecule is C#CCOc1ccc(/C=C2N=C(/C=C/c3ccccc3)OC\2=O)cc1OCC. The van der Waals surface area contributed by atoms with Gasteiger partial charge in [0.25, 0.3) is 0 Å². The first kappa shape index (κ1) is 19.0. The highest BCUT2D eigenvalue weighted by atomic mass is 16.6. The number of carbonyl (C=O) groups is 1. The van der Waals surface area contributed by atoms with Gasteiger partial charge in [-0.15, -0.1) is 6.42 Å². The Morgan fingerprint density at radius 2 is 1.89 bits per heavy atom. The molecule has 0 radical (unpaired) electrons. The van der Waals surface area contributed by atoms with Crippen LogP contribution in [0.1, 0.15) is 18.1 Å². The maximum atomic E-state index is 12.1. The monoisotopic (exact) mass is 373 g/mol. The van der Waals surface area contributed by atoms with Crippen molar-refractivity contribution in [3.8, 4) is 23.8 Å². The highest BCUT2D eigenvalue weighted by Crippen LogP contribution is 2.30. The Balaban J connectivity index is 1.81. The number of carbonyl (C=O) groups excluding carboxylic acids is 1. The fourth-order valence-corrected chi connectivity index (χ4v) is 2.51. The molecule has 1 aliphatic rings. The Kier molecular flexibility index (Phi) is 6.27. The van der Waals surface area contributed by atoms with Crippen molar-refractivity contribution >= 4 is 24.0 Å². The normalized spacial score (nSPS) is 14.6. The largest absolute Gasteiger partial charge is 0.490 e. The summed E-state index contributed by atoms with van der Waals surface area (Å²) in [5, 5.41) is 0. The van der Waals surface area contributed by atoms with Crippen molar-refractivity contribution in [3.05, 3.63) is 71.4 Å². The number of esters is 1. The second kappa shape index (κ2) is 9.24. The summed E-state index contributed by atoms with van der Waals surface area (Å²) < 4.78 is 16.3. The van der Waals surface area contributed by atoms with E-state index in [2.05, 4.69) is 10.9 Å². The average molecular weight is 373 g/mol. The third-order valence-electron chi connectivity index (χ3n) is 3.74. The van der Waals surface area contributed by atoms with Crippen LogP contribution >= 0.6 is 0 Å².